The summed E-state index contributed by atoms with van der Waals surface area (Å²) in [5.41, 5.74) is 3.84. The van der Waals surface area contributed by atoms with Crippen LogP contribution in [0.1, 0.15) is 23.7 Å². The Morgan fingerprint density at radius 2 is 1.94 bits per heavy atom. The van der Waals surface area contributed by atoms with E-state index in [1.807, 2.05) is 0 Å². The van der Waals surface area contributed by atoms with Gasteiger partial charge in [-0.25, -0.2) is 9.18 Å². The molecule has 0 aliphatic heterocycles. The molecule has 4 N–H and O–H groups in total. The van der Waals surface area contributed by atoms with Crippen molar-refractivity contribution in [1.82, 2.24) is 5.32 Å². The average Bonchev–Trinajstić information content (AvgIpc) is 2.29. The number of carbonyl (C=O) groups excluding carboxylic acids is 1. The van der Waals surface area contributed by atoms with Gasteiger partial charge in [0, 0.05) is 5.56 Å². The van der Waals surface area contributed by atoms with E-state index in [4.69, 9.17) is 10.8 Å². The maximum absolute atomic E-state index is 12.6. The molecule has 1 rings (SSSR count). The summed E-state index contributed by atoms with van der Waals surface area (Å²) in [6, 6.07) is 4.73. The fraction of sp³-hybridized carbons (Fsp3) is 0.273. The van der Waals surface area contributed by atoms with Crippen LogP contribution in [0.2, 0.25) is 0 Å². The lowest BCUT2D eigenvalue weighted by atomic mass is 10.1. The highest BCUT2D eigenvalue weighted by Crippen LogP contribution is 2.07. The molecule has 0 aliphatic carbocycles. The first-order chi connectivity index (χ1) is 7.89. The number of carbonyl (C=O) groups is 2. The normalized spacial score (nSPS) is 13.8. The Balaban J connectivity index is 2.85. The summed E-state index contributed by atoms with van der Waals surface area (Å²) in [5, 5.41) is 11.1. The molecule has 92 valence electrons. The highest BCUT2D eigenvalue weighted by atomic mass is 19.1. The first-order valence-corrected chi connectivity index (χ1v) is 4.99. The second kappa shape index (κ2) is 4.92. The van der Waals surface area contributed by atoms with Gasteiger partial charge in [-0.1, -0.05) is 6.92 Å². The first kappa shape index (κ1) is 13.1. The number of carboxylic acids is 1. The summed E-state index contributed by atoms with van der Waals surface area (Å²) in [4.78, 5) is 22.5. The topological polar surface area (TPSA) is 92.4 Å². The maximum Gasteiger partial charge on any atom is 0.344 e. The molecule has 1 unspecified atom stereocenters. The van der Waals surface area contributed by atoms with Crippen molar-refractivity contribution in [2.45, 2.75) is 19.0 Å². The van der Waals surface area contributed by atoms with Crippen molar-refractivity contribution < 1.29 is 19.1 Å². The van der Waals surface area contributed by atoms with Gasteiger partial charge in [0.2, 0.25) is 0 Å². The van der Waals surface area contributed by atoms with Gasteiger partial charge in [-0.2, -0.15) is 0 Å². The minimum atomic E-state index is -1.81. The Bertz CT molecular complexity index is 433. The van der Waals surface area contributed by atoms with Crippen molar-refractivity contribution in [1.29, 1.82) is 0 Å². The standard InChI is InChI=1S/C11H13FN2O3/c1-2-11(13,10(16)17)14-9(15)7-3-5-8(12)6-4-7/h3-6H,2,13H2,1H3,(H,14,15)(H,16,17). The van der Waals surface area contributed by atoms with Crippen molar-refractivity contribution >= 4 is 11.9 Å². The predicted octanol–water partition coefficient (Wildman–Crippen LogP) is 0.705. The van der Waals surface area contributed by atoms with E-state index in [0.29, 0.717) is 0 Å². The van der Waals surface area contributed by atoms with Crippen LogP contribution in [-0.4, -0.2) is 22.6 Å². The van der Waals surface area contributed by atoms with E-state index in [2.05, 4.69) is 5.32 Å². The Labute approximate surface area is 97.4 Å². The average molecular weight is 240 g/mol. The molecule has 0 saturated heterocycles. The van der Waals surface area contributed by atoms with Crippen LogP contribution in [0.25, 0.3) is 0 Å². The van der Waals surface area contributed by atoms with Crippen LogP contribution in [0.3, 0.4) is 0 Å². The largest absolute Gasteiger partial charge is 0.478 e. The van der Waals surface area contributed by atoms with E-state index in [-0.39, 0.29) is 12.0 Å². The van der Waals surface area contributed by atoms with Gasteiger partial charge in [-0.15, -0.1) is 0 Å². The lowest BCUT2D eigenvalue weighted by Crippen LogP contribution is -2.61. The van der Waals surface area contributed by atoms with Crippen molar-refractivity contribution in [3.63, 3.8) is 0 Å². The third kappa shape index (κ3) is 3.01. The van der Waals surface area contributed by atoms with Crippen LogP contribution < -0.4 is 11.1 Å². The van der Waals surface area contributed by atoms with E-state index in [9.17, 15) is 14.0 Å². The molecule has 0 fully saturated rings. The van der Waals surface area contributed by atoms with Gasteiger partial charge < -0.3 is 10.4 Å². The number of carboxylic acid groups (broad SMARTS) is 1. The van der Waals surface area contributed by atoms with Gasteiger partial charge in [0.05, 0.1) is 0 Å². The van der Waals surface area contributed by atoms with E-state index >= 15 is 0 Å². The number of hydrogen-bond acceptors (Lipinski definition) is 3. The van der Waals surface area contributed by atoms with Gasteiger partial charge in [-0.3, -0.25) is 10.5 Å². The fourth-order valence-corrected chi connectivity index (χ4v) is 1.17. The molecule has 0 saturated carbocycles. The summed E-state index contributed by atoms with van der Waals surface area (Å²) in [6.07, 6.45) is 0.0370. The van der Waals surface area contributed by atoms with Gasteiger partial charge in [0.1, 0.15) is 5.82 Å². The number of benzene rings is 1. The van der Waals surface area contributed by atoms with Gasteiger partial charge in [0.15, 0.2) is 5.66 Å². The minimum Gasteiger partial charge on any atom is -0.478 e. The molecular weight excluding hydrogens is 227 g/mol. The number of halogens is 1. The van der Waals surface area contributed by atoms with Crippen molar-refractivity contribution in [3.8, 4) is 0 Å². The summed E-state index contributed by atoms with van der Waals surface area (Å²) in [7, 11) is 0. The zero-order chi connectivity index (χ0) is 13.1. The Kier molecular flexibility index (Phi) is 3.80. The molecule has 1 amide bonds. The molecule has 5 nitrogen and oxygen atoms in total. The quantitative estimate of drug-likeness (QED) is 0.675. The second-order valence-electron chi connectivity index (χ2n) is 3.59. The van der Waals surface area contributed by atoms with Crippen LogP contribution in [0.4, 0.5) is 4.39 Å². The molecule has 0 spiro atoms. The van der Waals surface area contributed by atoms with Crippen molar-refractivity contribution in [2.75, 3.05) is 0 Å². The van der Waals surface area contributed by atoms with E-state index in [1.54, 1.807) is 6.92 Å². The maximum atomic E-state index is 12.6. The molecule has 6 heteroatoms. The van der Waals surface area contributed by atoms with Crippen LogP contribution in [0, 0.1) is 5.82 Å². The van der Waals surface area contributed by atoms with E-state index < -0.39 is 23.4 Å². The Hall–Kier alpha value is -1.95. The fourth-order valence-electron chi connectivity index (χ4n) is 1.17. The lowest BCUT2D eigenvalue weighted by molar-refractivity contribution is -0.144. The zero-order valence-electron chi connectivity index (χ0n) is 9.24. The molecule has 0 radical (unpaired) electrons. The van der Waals surface area contributed by atoms with Crippen LogP contribution in [0.5, 0.6) is 0 Å². The van der Waals surface area contributed by atoms with Crippen molar-refractivity contribution in [2.24, 2.45) is 5.73 Å². The number of nitrogens with one attached hydrogen (secondary N) is 1. The number of rotatable bonds is 4. The van der Waals surface area contributed by atoms with Gasteiger partial charge in [0.25, 0.3) is 5.91 Å². The number of aliphatic carboxylic acids is 1. The summed E-state index contributed by atoms with van der Waals surface area (Å²) in [6.45, 7) is 1.54. The molecule has 0 heterocycles. The minimum absolute atomic E-state index is 0.0370. The zero-order valence-corrected chi connectivity index (χ0v) is 9.24. The lowest BCUT2D eigenvalue weighted by Gasteiger charge is -2.24. The molecular formula is C11H13FN2O3. The first-order valence-electron chi connectivity index (χ1n) is 4.99. The van der Waals surface area contributed by atoms with Crippen LogP contribution in [-0.2, 0) is 4.79 Å². The van der Waals surface area contributed by atoms with Gasteiger partial charge in [-0.05, 0) is 30.7 Å². The molecule has 1 aromatic rings. The van der Waals surface area contributed by atoms with Crippen LogP contribution >= 0.6 is 0 Å². The summed E-state index contributed by atoms with van der Waals surface area (Å²) in [5.74, 6) is -2.46. The third-order valence-corrected chi connectivity index (χ3v) is 2.38. The number of hydrogen-bond donors (Lipinski definition) is 3. The number of amides is 1. The van der Waals surface area contributed by atoms with Gasteiger partial charge >= 0.3 is 5.97 Å². The van der Waals surface area contributed by atoms with E-state index in [1.165, 1.54) is 12.1 Å². The highest BCUT2D eigenvalue weighted by molar-refractivity contribution is 5.97. The highest BCUT2D eigenvalue weighted by Gasteiger charge is 2.33. The monoisotopic (exact) mass is 240 g/mol. The Morgan fingerprint density at radius 3 is 2.35 bits per heavy atom. The molecule has 17 heavy (non-hydrogen) atoms. The van der Waals surface area contributed by atoms with Crippen molar-refractivity contribution in [3.05, 3.63) is 35.6 Å². The predicted molar refractivity (Wildman–Crippen MR) is 58.7 cm³/mol. The number of nitrogens with two attached hydrogens (primary N) is 1. The smallest absolute Gasteiger partial charge is 0.344 e. The second-order valence-corrected chi connectivity index (χ2v) is 3.59. The summed E-state index contributed by atoms with van der Waals surface area (Å²) < 4.78 is 12.6. The molecule has 1 atom stereocenters. The summed E-state index contributed by atoms with van der Waals surface area (Å²) >= 11 is 0. The molecule has 0 bridgehead atoms. The SMILES string of the molecule is CCC(N)(NC(=O)c1ccc(F)cc1)C(=O)O. The Morgan fingerprint density at radius 1 is 1.41 bits per heavy atom. The molecule has 1 aromatic carbocycles. The molecule has 0 aliphatic rings. The molecule has 0 aromatic heterocycles. The van der Waals surface area contributed by atoms with Crippen LogP contribution in [0.15, 0.2) is 24.3 Å². The third-order valence-electron chi connectivity index (χ3n) is 2.38. The van der Waals surface area contributed by atoms with E-state index in [0.717, 1.165) is 12.1 Å².